The van der Waals surface area contributed by atoms with Crippen molar-refractivity contribution in [2.24, 2.45) is 0 Å². The molecule has 0 spiro atoms. The number of ether oxygens (including phenoxy) is 2. The van der Waals surface area contributed by atoms with Crippen LogP contribution in [-0.4, -0.2) is 23.1 Å². The summed E-state index contributed by atoms with van der Waals surface area (Å²) in [6.45, 7) is 0. The van der Waals surface area contributed by atoms with Crippen LogP contribution < -0.4 is 0 Å². The summed E-state index contributed by atoms with van der Waals surface area (Å²) in [4.78, 5) is 21.2. The van der Waals surface area contributed by atoms with Gasteiger partial charge in [-0.2, -0.15) is 0 Å². The zero-order chi connectivity index (χ0) is 12.0. The van der Waals surface area contributed by atoms with E-state index >= 15 is 0 Å². The van der Waals surface area contributed by atoms with Gasteiger partial charge in [0.15, 0.2) is 0 Å². The summed E-state index contributed by atoms with van der Waals surface area (Å²) in [5.74, 6) is 0. The minimum Gasteiger partial charge on any atom is -0.450 e. The predicted molar refractivity (Wildman–Crippen MR) is 59.9 cm³/mol. The van der Waals surface area contributed by atoms with Gasteiger partial charge in [-0.3, -0.25) is 0 Å². The molecule has 0 saturated heterocycles. The van der Waals surface area contributed by atoms with Crippen LogP contribution >= 0.6 is 23.2 Å². The normalized spacial score (nSPS) is 26.4. The van der Waals surface area contributed by atoms with Crippen LogP contribution in [0, 0.1) is 0 Å². The van der Waals surface area contributed by atoms with Crippen LogP contribution in [0.1, 0.15) is 38.5 Å². The van der Waals surface area contributed by atoms with Gasteiger partial charge < -0.3 is 9.47 Å². The van der Waals surface area contributed by atoms with E-state index in [0.29, 0.717) is 0 Å². The van der Waals surface area contributed by atoms with Gasteiger partial charge in [-0.05, 0) is 38.5 Å². The monoisotopic (exact) mass is 268 g/mol. The van der Waals surface area contributed by atoms with Crippen LogP contribution in [0.2, 0.25) is 0 Å². The van der Waals surface area contributed by atoms with Gasteiger partial charge >= 0.3 is 10.9 Å². The van der Waals surface area contributed by atoms with E-state index in [0.717, 1.165) is 38.5 Å². The second-order valence-electron chi connectivity index (χ2n) is 3.82. The van der Waals surface area contributed by atoms with E-state index < -0.39 is 10.9 Å². The van der Waals surface area contributed by atoms with E-state index in [4.69, 9.17) is 32.7 Å². The number of hydrogen-bond donors (Lipinski definition) is 0. The lowest BCUT2D eigenvalue weighted by Gasteiger charge is -2.23. The number of carbonyl (C=O) groups excluding carboxylic acids is 2. The van der Waals surface area contributed by atoms with E-state index in [1.165, 1.54) is 0 Å². The molecule has 0 heterocycles. The molecule has 1 aliphatic carbocycles. The lowest BCUT2D eigenvalue weighted by molar-refractivity contribution is 0.0710. The smallest absolute Gasteiger partial charge is 0.404 e. The largest absolute Gasteiger partial charge is 0.450 e. The zero-order valence-corrected chi connectivity index (χ0v) is 10.3. The third-order valence-corrected chi connectivity index (χ3v) is 2.80. The lowest BCUT2D eigenvalue weighted by Crippen LogP contribution is -2.22. The molecule has 1 rings (SSSR count). The first-order valence-electron chi connectivity index (χ1n) is 5.30. The Labute approximate surface area is 104 Å². The Bertz CT molecular complexity index is 223. The summed E-state index contributed by atoms with van der Waals surface area (Å²) >= 11 is 10.3. The first-order chi connectivity index (χ1) is 7.58. The van der Waals surface area contributed by atoms with Gasteiger partial charge in [0, 0.05) is 23.2 Å². The molecule has 6 heteroatoms. The van der Waals surface area contributed by atoms with Crippen molar-refractivity contribution in [1.82, 2.24) is 0 Å². The maximum absolute atomic E-state index is 10.6. The molecule has 0 aromatic rings. The molecule has 0 amide bonds. The van der Waals surface area contributed by atoms with E-state index in [2.05, 4.69) is 0 Å². The van der Waals surface area contributed by atoms with Crippen LogP contribution in [0.5, 0.6) is 0 Å². The summed E-state index contributed by atoms with van der Waals surface area (Å²) in [7, 11) is 0. The van der Waals surface area contributed by atoms with Gasteiger partial charge in [-0.15, -0.1) is 0 Å². The molecular formula is C10H14Cl2O4. The quantitative estimate of drug-likeness (QED) is 0.715. The van der Waals surface area contributed by atoms with Gasteiger partial charge in [0.05, 0.1) is 0 Å². The van der Waals surface area contributed by atoms with Crippen molar-refractivity contribution in [2.75, 3.05) is 0 Å². The van der Waals surface area contributed by atoms with Crippen molar-refractivity contribution >= 4 is 34.1 Å². The molecule has 0 unspecified atom stereocenters. The van der Waals surface area contributed by atoms with E-state index in [1.54, 1.807) is 0 Å². The van der Waals surface area contributed by atoms with Gasteiger partial charge in [0.2, 0.25) is 0 Å². The van der Waals surface area contributed by atoms with Crippen molar-refractivity contribution in [3.8, 4) is 0 Å². The molecule has 0 atom stereocenters. The molecule has 0 aliphatic heterocycles. The highest BCUT2D eigenvalue weighted by Crippen LogP contribution is 2.22. The fraction of sp³-hybridized carbons (Fsp3) is 0.800. The molecule has 16 heavy (non-hydrogen) atoms. The second kappa shape index (κ2) is 6.97. The van der Waals surface area contributed by atoms with Crippen molar-refractivity contribution in [1.29, 1.82) is 0 Å². The number of carbonyl (C=O) groups is 2. The van der Waals surface area contributed by atoms with Crippen LogP contribution in [0.3, 0.4) is 0 Å². The van der Waals surface area contributed by atoms with Crippen LogP contribution in [-0.2, 0) is 9.47 Å². The maximum atomic E-state index is 10.6. The molecule has 1 aliphatic rings. The third kappa shape index (κ3) is 5.56. The highest BCUT2D eigenvalue weighted by molar-refractivity contribution is 6.61. The van der Waals surface area contributed by atoms with E-state index in [9.17, 15) is 9.59 Å². The molecular weight excluding hydrogens is 255 g/mol. The van der Waals surface area contributed by atoms with Gasteiger partial charge in [-0.1, -0.05) is 0 Å². The summed E-state index contributed by atoms with van der Waals surface area (Å²) in [6.07, 6.45) is 4.40. The van der Waals surface area contributed by atoms with Crippen LogP contribution in [0.25, 0.3) is 0 Å². The fourth-order valence-corrected chi connectivity index (χ4v) is 2.18. The van der Waals surface area contributed by atoms with E-state index in [1.807, 2.05) is 0 Å². The van der Waals surface area contributed by atoms with Gasteiger partial charge in [-0.25, -0.2) is 9.59 Å². The molecule has 0 radical (unpaired) electrons. The molecule has 1 saturated carbocycles. The minimum atomic E-state index is -0.755. The molecule has 92 valence electrons. The van der Waals surface area contributed by atoms with Crippen molar-refractivity contribution in [2.45, 2.75) is 50.7 Å². The minimum absolute atomic E-state index is 0.113. The Balaban J connectivity index is 2.31. The van der Waals surface area contributed by atoms with E-state index in [-0.39, 0.29) is 12.2 Å². The average molecular weight is 269 g/mol. The third-order valence-electron chi connectivity index (χ3n) is 2.62. The Morgan fingerprint density at radius 3 is 1.38 bits per heavy atom. The number of halogens is 2. The summed E-state index contributed by atoms with van der Waals surface area (Å²) in [6, 6.07) is 0. The molecule has 0 N–H and O–H groups in total. The second-order valence-corrected chi connectivity index (χ2v) is 4.43. The topological polar surface area (TPSA) is 52.6 Å². The number of hydrogen-bond acceptors (Lipinski definition) is 4. The summed E-state index contributed by atoms with van der Waals surface area (Å²) < 4.78 is 9.87. The lowest BCUT2D eigenvalue weighted by atomic mass is 9.96. The standard InChI is InChI=1S/C10H14Cl2O4/c11-9(13)15-7-3-1-4-8(6-2-5-7)16-10(12)14/h7-8H,1-6H2. The van der Waals surface area contributed by atoms with Crippen molar-refractivity contribution < 1.29 is 19.1 Å². The Morgan fingerprint density at radius 2 is 1.12 bits per heavy atom. The van der Waals surface area contributed by atoms with Gasteiger partial charge in [0.1, 0.15) is 12.2 Å². The Morgan fingerprint density at radius 1 is 0.812 bits per heavy atom. The zero-order valence-electron chi connectivity index (χ0n) is 8.79. The van der Waals surface area contributed by atoms with Crippen LogP contribution in [0.15, 0.2) is 0 Å². The van der Waals surface area contributed by atoms with Gasteiger partial charge in [0.25, 0.3) is 0 Å². The maximum Gasteiger partial charge on any atom is 0.404 e. The van der Waals surface area contributed by atoms with Crippen molar-refractivity contribution in [3.63, 3.8) is 0 Å². The first-order valence-corrected chi connectivity index (χ1v) is 6.05. The molecule has 0 bridgehead atoms. The fourth-order valence-electron chi connectivity index (χ4n) is 1.93. The van der Waals surface area contributed by atoms with Crippen molar-refractivity contribution in [3.05, 3.63) is 0 Å². The first kappa shape index (κ1) is 13.6. The molecule has 0 aromatic carbocycles. The molecule has 1 fully saturated rings. The predicted octanol–water partition coefficient (Wildman–Crippen LogP) is 3.83. The Kier molecular flexibility index (Phi) is 5.91. The molecule has 4 nitrogen and oxygen atoms in total. The number of rotatable bonds is 2. The average Bonchev–Trinajstić information content (AvgIpc) is 2.11. The highest BCUT2D eigenvalue weighted by atomic mass is 35.5. The Hall–Kier alpha value is -0.480. The molecule has 0 aromatic heterocycles. The summed E-state index contributed by atoms with van der Waals surface area (Å²) in [5.41, 5.74) is -1.51. The highest BCUT2D eigenvalue weighted by Gasteiger charge is 2.20. The SMILES string of the molecule is O=C(Cl)OC1CCCC(OC(=O)Cl)CCC1. The van der Waals surface area contributed by atoms with Crippen LogP contribution in [0.4, 0.5) is 9.59 Å². The summed E-state index contributed by atoms with van der Waals surface area (Å²) in [5, 5.41) is 0.